The molecule has 0 spiro atoms. The van der Waals surface area contributed by atoms with Gasteiger partial charge in [0.25, 0.3) is 12.2 Å². The molecule has 0 aromatic heterocycles. The Hall–Kier alpha value is -3.66. The summed E-state index contributed by atoms with van der Waals surface area (Å²) in [6.07, 6.45) is -1.59. The van der Waals surface area contributed by atoms with Gasteiger partial charge in [-0.05, 0) is 54.1 Å². The molecule has 2 aromatic rings. The van der Waals surface area contributed by atoms with E-state index in [1.165, 1.54) is 17.2 Å². The van der Waals surface area contributed by atoms with Gasteiger partial charge in [-0.3, -0.25) is 9.80 Å². The molecule has 36 heavy (non-hydrogen) atoms. The van der Waals surface area contributed by atoms with E-state index in [1.807, 2.05) is 0 Å². The largest absolute Gasteiger partial charge is 0.442 e. The van der Waals surface area contributed by atoms with Crippen molar-refractivity contribution in [2.75, 3.05) is 31.1 Å². The van der Waals surface area contributed by atoms with Gasteiger partial charge in [0.05, 0.1) is 18.8 Å². The van der Waals surface area contributed by atoms with Gasteiger partial charge in [-0.25, -0.2) is 9.18 Å². The summed E-state index contributed by atoms with van der Waals surface area (Å²) in [4.78, 5) is 15.1. The summed E-state index contributed by atoms with van der Waals surface area (Å²) < 4.78 is 69.9. The van der Waals surface area contributed by atoms with E-state index in [0.717, 1.165) is 17.7 Å². The highest BCUT2D eigenvalue weighted by atomic mass is 19.3. The van der Waals surface area contributed by atoms with E-state index in [4.69, 9.17) is 4.74 Å². The molecule has 10 heteroatoms. The number of cyclic esters (lactones) is 1. The van der Waals surface area contributed by atoms with Crippen LogP contribution in [0.25, 0.3) is 11.1 Å². The number of ether oxygens (including phenoxy) is 1. The van der Waals surface area contributed by atoms with E-state index >= 15 is 0 Å². The molecule has 2 aromatic carbocycles. The molecule has 1 fully saturated rings. The Bertz CT molecular complexity index is 1110. The zero-order valence-electron chi connectivity index (χ0n) is 19.4. The molecule has 5 nitrogen and oxygen atoms in total. The Morgan fingerprint density at radius 2 is 1.83 bits per heavy atom. The highest BCUT2D eigenvalue weighted by molar-refractivity contribution is 5.90. The number of rotatable bonds is 12. The first-order chi connectivity index (χ1) is 17.3. The van der Waals surface area contributed by atoms with Crippen LogP contribution in [0.5, 0.6) is 0 Å². The highest BCUT2D eigenvalue weighted by Gasteiger charge is 2.32. The van der Waals surface area contributed by atoms with Crippen LogP contribution in [0.15, 0.2) is 79.6 Å². The van der Waals surface area contributed by atoms with Gasteiger partial charge < -0.3 is 10.1 Å². The van der Waals surface area contributed by atoms with Crippen molar-refractivity contribution in [3.63, 3.8) is 0 Å². The Morgan fingerprint density at radius 3 is 2.47 bits per heavy atom. The smallest absolute Gasteiger partial charge is 0.414 e. The van der Waals surface area contributed by atoms with Crippen LogP contribution in [-0.2, 0) is 11.3 Å². The second kappa shape index (κ2) is 12.9. The fraction of sp³-hybridized carbons (Fsp3) is 0.269. The van der Waals surface area contributed by atoms with Crippen LogP contribution in [0.4, 0.5) is 32.4 Å². The summed E-state index contributed by atoms with van der Waals surface area (Å²) in [5.74, 6) is -0.522. The van der Waals surface area contributed by atoms with Crippen LogP contribution in [0.1, 0.15) is 12.0 Å². The second-order valence-corrected chi connectivity index (χ2v) is 8.10. The first kappa shape index (κ1) is 26.9. The Morgan fingerprint density at radius 1 is 1.11 bits per heavy atom. The lowest BCUT2D eigenvalue weighted by Crippen LogP contribution is -2.28. The van der Waals surface area contributed by atoms with E-state index in [-0.39, 0.29) is 38.7 Å². The molecule has 1 saturated heterocycles. The van der Waals surface area contributed by atoms with Crippen LogP contribution in [0, 0.1) is 5.82 Å². The Labute approximate surface area is 206 Å². The molecule has 1 aliphatic rings. The van der Waals surface area contributed by atoms with Crippen molar-refractivity contribution in [3.8, 4) is 11.1 Å². The molecule has 1 aliphatic heterocycles. The van der Waals surface area contributed by atoms with Crippen LogP contribution in [0.2, 0.25) is 0 Å². The molecule has 0 radical (unpaired) electrons. The van der Waals surface area contributed by atoms with E-state index in [0.29, 0.717) is 23.4 Å². The van der Waals surface area contributed by atoms with Gasteiger partial charge >= 0.3 is 6.09 Å². The van der Waals surface area contributed by atoms with Gasteiger partial charge in [0.1, 0.15) is 11.9 Å². The molecule has 0 saturated carbocycles. The SMILES string of the molecule is C=CNC[C@H]1CN(c2ccc(-c3ccc(CN(CC=C(F)F)CCC=C(F)F)cc3)c(F)c2)C(=O)O1. The summed E-state index contributed by atoms with van der Waals surface area (Å²) in [5, 5.41) is 2.88. The van der Waals surface area contributed by atoms with Crippen LogP contribution >= 0.6 is 0 Å². The zero-order chi connectivity index (χ0) is 26.1. The van der Waals surface area contributed by atoms with E-state index < -0.39 is 24.1 Å². The van der Waals surface area contributed by atoms with Gasteiger partial charge in [-0.15, -0.1) is 0 Å². The lowest BCUT2D eigenvalue weighted by atomic mass is 10.0. The summed E-state index contributed by atoms with van der Waals surface area (Å²) >= 11 is 0. The minimum atomic E-state index is -1.84. The summed E-state index contributed by atoms with van der Waals surface area (Å²) in [6, 6.07) is 11.3. The molecule has 0 bridgehead atoms. The van der Waals surface area contributed by atoms with Crippen LogP contribution in [-0.4, -0.2) is 43.3 Å². The third-order valence-corrected chi connectivity index (χ3v) is 5.55. The van der Waals surface area contributed by atoms with E-state index in [9.17, 15) is 26.7 Å². The van der Waals surface area contributed by atoms with Crippen molar-refractivity contribution in [2.45, 2.75) is 19.1 Å². The first-order valence-corrected chi connectivity index (χ1v) is 11.2. The van der Waals surface area contributed by atoms with Crippen molar-refractivity contribution in [3.05, 3.63) is 90.9 Å². The average Bonchev–Trinajstić information content (AvgIpc) is 3.21. The third-order valence-electron chi connectivity index (χ3n) is 5.55. The minimum Gasteiger partial charge on any atom is -0.442 e. The fourth-order valence-electron chi connectivity index (χ4n) is 3.80. The standard InChI is InChI=1S/C26H26F5N3O2/c1-2-32-15-21-17-34(26(35)36-21)20-9-10-22(23(27)14-20)19-7-5-18(6-8-19)16-33(13-11-25(30)31)12-3-4-24(28)29/h2,4-11,14,21,32H,1,3,12-13,15-17H2/t21-/m0/s1. The normalized spacial score (nSPS) is 15.0. The number of benzene rings is 2. The molecule has 1 N–H and O–H groups in total. The molecule has 0 aliphatic carbocycles. The van der Waals surface area contributed by atoms with Crippen molar-refractivity contribution >= 4 is 11.8 Å². The number of carbonyl (C=O) groups excluding carboxylic acids is 1. The lowest BCUT2D eigenvalue weighted by Gasteiger charge is -2.20. The van der Waals surface area contributed by atoms with E-state index in [1.54, 1.807) is 41.3 Å². The fourth-order valence-corrected chi connectivity index (χ4v) is 3.80. The van der Waals surface area contributed by atoms with Gasteiger partial charge in [-0.1, -0.05) is 30.8 Å². The summed E-state index contributed by atoms with van der Waals surface area (Å²) in [7, 11) is 0. The minimum absolute atomic E-state index is 0.0236. The van der Waals surface area contributed by atoms with Gasteiger partial charge in [0.2, 0.25) is 0 Å². The number of anilines is 1. The number of nitrogens with one attached hydrogen (secondary N) is 1. The summed E-state index contributed by atoms with van der Waals surface area (Å²) in [5.41, 5.74) is 2.04. The quantitative estimate of drug-likeness (QED) is 0.343. The topological polar surface area (TPSA) is 44.8 Å². The lowest BCUT2D eigenvalue weighted by molar-refractivity contribution is 0.142. The first-order valence-electron chi connectivity index (χ1n) is 11.2. The highest BCUT2D eigenvalue weighted by Crippen LogP contribution is 2.29. The zero-order valence-corrected chi connectivity index (χ0v) is 19.4. The number of carbonyl (C=O) groups is 1. The maximum absolute atomic E-state index is 15.0. The van der Waals surface area contributed by atoms with E-state index in [2.05, 4.69) is 11.9 Å². The maximum Gasteiger partial charge on any atom is 0.414 e. The second-order valence-electron chi connectivity index (χ2n) is 8.10. The number of amides is 1. The molecular formula is C26H26F5N3O2. The van der Waals surface area contributed by atoms with Crippen LogP contribution in [0.3, 0.4) is 0 Å². The number of hydrogen-bond donors (Lipinski definition) is 1. The number of nitrogens with zero attached hydrogens (tertiary/aromatic N) is 2. The Balaban J connectivity index is 1.68. The number of halogens is 5. The predicted octanol–water partition coefficient (Wildman–Crippen LogP) is 6.30. The van der Waals surface area contributed by atoms with Crippen molar-refractivity contribution in [2.24, 2.45) is 0 Å². The molecule has 192 valence electrons. The van der Waals surface area contributed by atoms with Gasteiger partial charge in [-0.2, -0.15) is 17.6 Å². The monoisotopic (exact) mass is 507 g/mol. The Kier molecular flexibility index (Phi) is 9.63. The molecule has 3 rings (SSSR count). The average molecular weight is 508 g/mol. The molecule has 0 unspecified atom stereocenters. The molecular weight excluding hydrogens is 481 g/mol. The van der Waals surface area contributed by atoms with Crippen molar-refractivity contribution in [1.29, 1.82) is 0 Å². The molecule has 1 atom stereocenters. The van der Waals surface area contributed by atoms with Crippen LogP contribution < -0.4 is 10.2 Å². The van der Waals surface area contributed by atoms with Gasteiger partial charge in [0.15, 0.2) is 0 Å². The third kappa shape index (κ3) is 7.67. The van der Waals surface area contributed by atoms with Gasteiger partial charge in [0, 0.05) is 25.2 Å². The predicted molar refractivity (Wildman–Crippen MR) is 128 cm³/mol. The summed E-state index contributed by atoms with van der Waals surface area (Å²) in [6.45, 7) is 4.56. The molecule has 1 amide bonds. The number of hydrogen-bond acceptors (Lipinski definition) is 4. The van der Waals surface area contributed by atoms with Crippen molar-refractivity contribution < 1.29 is 31.5 Å². The molecule has 1 heterocycles. The van der Waals surface area contributed by atoms with Crippen molar-refractivity contribution in [1.82, 2.24) is 10.2 Å². The maximum atomic E-state index is 15.0.